The van der Waals surface area contributed by atoms with Gasteiger partial charge in [-0.1, -0.05) is 0 Å². The minimum atomic E-state index is 0.188. The summed E-state index contributed by atoms with van der Waals surface area (Å²) < 4.78 is 0. The van der Waals surface area contributed by atoms with Crippen LogP contribution < -0.4 is 0 Å². The van der Waals surface area contributed by atoms with Crippen LogP contribution >= 0.6 is 0 Å². The summed E-state index contributed by atoms with van der Waals surface area (Å²) in [5.74, 6) is 2.65. The quantitative estimate of drug-likeness (QED) is 0.522. The molecular weight excluding hydrogens is 136 g/mol. The zero-order valence-electron chi connectivity index (χ0n) is 6.75. The van der Waals surface area contributed by atoms with Gasteiger partial charge >= 0.3 is 0 Å². The highest BCUT2D eigenvalue weighted by Gasteiger charge is 2.57. The molecule has 11 heavy (non-hydrogen) atoms. The monoisotopic (exact) mass is 150 g/mol. The molecule has 4 bridgehead atoms. The van der Waals surface area contributed by atoms with Crippen molar-refractivity contribution in [2.75, 3.05) is 0 Å². The van der Waals surface area contributed by atoms with Crippen LogP contribution in [0.3, 0.4) is 0 Å². The summed E-state index contributed by atoms with van der Waals surface area (Å²) in [7, 11) is 0. The Morgan fingerprint density at radius 1 is 1.09 bits per heavy atom. The first kappa shape index (κ1) is 6.22. The lowest BCUT2D eigenvalue weighted by Gasteiger charge is -2.27. The van der Waals surface area contributed by atoms with Crippen molar-refractivity contribution < 1.29 is 4.79 Å². The van der Waals surface area contributed by atoms with Gasteiger partial charge in [0.15, 0.2) is 0 Å². The van der Waals surface area contributed by atoms with Gasteiger partial charge in [0.1, 0.15) is 6.29 Å². The summed E-state index contributed by atoms with van der Waals surface area (Å²) >= 11 is 0. The van der Waals surface area contributed by atoms with Gasteiger partial charge in [-0.25, -0.2) is 0 Å². The van der Waals surface area contributed by atoms with E-state index in [0.29, 0.717) is 0 Å². The van der Waals surface area contributed by atoms with Crippen molar-refractivity contribution in [1.29, 1.82) is 0 Å². The molecule has 4 saturated carbocycles. The maximum absolute atomic E-state index is 11.0. The Labute approximate surface area is 67.2 Å². The molecule has 4 fully saturated rings. The number of carbonyl (C=O) groups is 1. The van der Waals surface area contributed by atoms with Gasteiger partial charge in [0.25, 0.3) is 0 Å². The van der Waals surface area contributed by atoms with Crippen LogP contribution in [0.15, 0.2) is 0 Å². The van der Waals surface area contributed by atoms with Crippen molar-refractivity contribution >= 4 is 6.29 Å². The molecule has 0 heterocycles. The van der Waals surface area contributed by atoms with E-state index in [2.05, 4.69) is 0 Å². The molecule has 4 aliphatic rings. The highest BCUT2D eigenvalue weighted by Crippen LogP contribution is 2.64. The second kappa shape index (κ2) is 1.70. The van der Waals surface area contributed by atoms with Gasteiger partial charge in [-0.15, -0.1) is 0 Å². The molecule has 0 aromatic carbocycles. The minimum Gasteiger partial charge on any atom is -0.303 e. The molecule has 4 aliphatic carbocycles. The molecule has 60 valence electrons. The Balaban J connectivity index is 2.04. The zero-order valence-corrected chi connectivity index (χ0v) is 6.75. The topological polar surface area (TPSA) is 17.1 Å². The normalized spacial score (nSPS) is 58.7. The zero-order chi connectivity index (χ0) is 7.47. The first-order valence-corrected chi connectivity index (χ1v) is 4.79. The second-order valence-electron chi connectivity index (χ2n) is 4.90. The van der Waals surface area contributed by atoms with Gasteiger partial charge < -0.3 is 4.79 Å². The van der Waals surface area contributed by atoms with Crippen LogP contribution in [-0.4, -0.2) is 6.29 Å². The summed E-state index contributed by atoms with van der Waals surface area (Å²) in [6.07, 6.45) is 7.93. The first-order valence-electron chi connectivity index (χ1n) is 4.79. The predicted octanol–water partition coefficient (Wildman–Crippen LogP) is 2.01. The van der Waals surface area contributed by atoms with Crippen LogP contribution in [-0.2, 0) is 4.79 Å². The maximum Gasteiger partial charge on any atom is 0.126 e. The van der Waals surface area contributed by atoms with Crippen molar-refractivity contribution in [3.8, 4) is 0 Å². The molecule has 0 amide bonds. The Morgan fingerprint density at radius 2 is 1.73 bits per heavy atom. The minimum absolute atomic E-state index is 0.188. The van der Waals surface area contributed by atoms with E-state index in [1.54, 1.807) is 0 Å². The third-order valence-electron chi connectivity index (χ3n) is 4.29. The summed E-state index contributed by atoms with van der Waals surface area (Å²) in [5.41, 5.74) is 0.188. The van der Waals surface area contributed by atoms with E-state index in [-0.39, 0.29) is 5.41 Å². The average Bonchev–Trinajstić information content (AvgIpc) is 2.37. The highest BCUT2D eigenvalue weighted by molar-refractivity contribution is 5.62. The smallest absolute Gasteiger partial charge is 0.126 e. The Bertz CT molecular complexity index is 195. The van der Waals surface area contributed by atoms with Crippen LogP contribution in [0.25, 0.3) is 0 Å². The van der Waals surface area contributed by atoms with E-state index in [4.69, 9.17) is 0 Å². The van der Waals surface area contributed by atoms with Crippen LogP contribution in [0.1, 0.15) is 32.1 Å². The molecule has 0 saturated heterocycles. The van der Waals surface area contributed by atoms with E-state index in [1.807, 2.05) is 0 Å². The lowest BCUT2D eigenvalue weighted by Crippen LogP contribution is -2.23. The van der Waals surface area contributed by atoms with E-state index in [0.717, 1.165) is 17.8 Å². The van der Waals surface area contributed by atoms with Crippen molar-refractivity contribution in [3.63, 3.8) is 0 Å². The Kier molecular flexibility index (Phi) is 0.961. The molecule has 0 N–H and O–H groups in total. The molecule has 1 heteroatoms. The third kappa shape index (κ3) is 0.605. The van der Waals surface area contributed by atoms with E-state index in [1.165, 1.54) is 38.4 Å². The van der Waals surface area contributed by atoms with Gasteiger partial charge in [0, 0.05) is 5.41 Å². The van der Waals surface area contributed by atoms with Gasteiger partial charge in [-0.3, -0.25) is 0 Å². The summed E-state index contributed by atoms with van der Waals surface area (Å²) in [5, 5.41) is 0. The number of aldehydes is 1. The molecule has 4 rings (SSSR count). The SMILES string of the molecule is O=CC12CC3CC(CC1C3)C2. The standard InChI is InChI=1S/C10H14O/c11-6-10-4-7-1-8(5-10)3-9(10)2-7/h6-9H,1-5H2. The van der Waals surface area contributed by atoms with Gasteiger partial charge in [-0.2, -0.15) is 0 Å². The number of hydrogen-bond donors (Lipinski definition) is 0. The molecule has 0 aromatic rings. The van der Waals surface area contributed by atoms with Crippen molar-refractivity contribution in [2.45, 2.75) is 32.1 Å². The van der Waals surface area contributed by atoms with Crippen LogP contribution in [0.2, 0.25) is 0 Å². The summed E-state index contributed by atoms with van der Waals surface area (Å²) in [6.45, 7) is 0. The Morgan fingerprint density at radius 3 is 2.18 bits per heavy atom. The molecule has 0 radical (unpaired) electrons. The van der Waals surface area contributed by atoms with Crippen molar-refractivity contribution in [3.05, 3.63) is 0 Å². The fraction of sp³-hybridized carbons (Fsp3) is 0.900. The Hall–Kier alpha value is -0.330. The molecule has 1 nitrogen and oxygen atoms in total. The fourth-order valence-electron chi connectivity index (χ4n) is 4.05. The van der Waals surface area contributed by atoms with Crippen LogP contribution in [0.4, 0.5) is 0 Å². The average molecular weight is 150 g/mol. The summed E-state index contributed by atoms with van der Waals surface area (Å²) in [6, 6.07) is 0. The molecule has 2 unspecified atom stereocenters. The third-order valence-corrected chi connectivity index (χ3v) is 4.29. The van der Waals surface area contributed by atoms with Crippen molar-refractivity contribution in [1.82, 2.24) is 0 Å². The highest BCUT2D eigenvalue weighted by atomic mass is 16.1. The number of carbonyl (C=O) groups excluding carboxylic acids is 1. The molecular formula is C10H14O. The fourth-order valence-corrected chi connectivity index (χ4v) is 4.05. The van der Waals surface area contributed by atoms with Crippen LogP contribution in [0.5, 0.6) is 0 Å². The van der Waals surface area contributed by atoms with E-state index >= 15 is 0 Å². The van der Waals surface area contributed by atoms with E-state index < -0.39 is 0 Å². The predicted molar refractivity (Wildman–Crippen MR) is 42.1 cm³/mol. The van der Waals surface area contributed by atoms with Gasteiger partial charge in [-0.05, 0) is 49.9 Å². The number of hydrogen-bond acceptors (Lipinski definition) is 1. The van der Waals surface area contributed by atoms with Gasteiger partial charge in [0.2, 0.25) is 0 Å². The molecule has 0 spiro atoms. The van der Waals surface area contributed by atoms with Gasteiger partial charge in [0.05, 0.1) is 0 Å². The lowest BCUT2D eigenvalue weighted by molar-refractivity contribution is -0.117. The van der Waals surface area contributed by atoms with Crippen LogP contribution in [0, 0.1) is 23.2 Å². The maximum atomic E-state index is 11.0. The summed E-state index contributed by atoms with van der Waals surface area (Å²) in [4.78, 5) is 11.0. The first-order chi connectivity index (χ1) is 5.32. The molecule has 0 aliphatic heterocycles. The largest absolute Gasteiger partial charge is 0.303 e. The number of rotatable bonds is 1. The lowest BCUT2D eigenvalue weighted by atomic mass is 9.77. The molecule has 2 atom stereocenters. The van der Waals surface area contributed by atoms with E-state index in [9.17, 15) is 4.79 Å². The van der Waals surface area contributed by atoms with Crippen molar-refractivity contribution in [2.24, 2.45) is 23.2 Å². The second-order valence-corrected chi connectivity index (χ2v) is 4.90. The molecule has 0 aromatic heterocycles.